The van der Waals surface area contributed by atoms with Crippen molar-refractivity contribution in [3.8, 4) is 12.1 Å². The first kappa shape index (κ1) is 10.9. The number of rotatable bonds is 6. The van der Waals surface area contributed by atoms with Gasteiger partial charge in [-0.15, -0.1) is 0 Å². The van der Waals surface area contributed by atoms with Crippen molar-refractivity contribution in [1.29, 1.82) is 10.5 Å². The van der Waals surface area contributed by atoms with Gasteiger partial charge in [-0.1, -0.05) is 0 Å². The highest BCUT2D eigenvalue weighted by Gasteiger charge is 1.96. The molecule has 0 aliphatic heterocycles. The van der Waals surface area contributed by atoms with Crippen LogP contribution >= 0.6 is 0 Å². The van der Waals surface area contributed by atoms with Crippen molar-refractivity contribution in [2.75, 3.05) is 13.1 Å². The molecule has 0 aromatic heterocycles. The minimum atomic E-state index is 0.173. The zero-order chi connectivity index (χ0) is 9.23. The molecule has 0 heterocycles. The van der Waals surface area contributed by atoms with E-state index in [0.29, 0.717) is 25.9 Å². The molecule has 0 saturated carbocycles. The molecule has 0 aliphatic carbocycles. The molecule has 4 heteroatoms. The van der Waals surface area contributed by atoms with Crippen LogP contribution in [0.15, 0.2) is 0 Å². The average molecular weight is 166 g/mol. The van der Waals surface area contributed by atoms with Crippen LogP contribution in [0.5, 0.6) is 0 Å². The van der Waals surface area contributed by atoms with Crippen LogP contribution in [-0.4, -0.2) is 19.3 Å². The molecule has 0 aromatic rings. The first-order chi connectivity index (χ1) is 5.81. The molecule has 0 saturated heterocycles. The van der Waals surface area contributed by atoms with Crippen LogP contribution in [0.1, 0.15) is 19.8 Å². The molecular formula is C8H14N4. The average Bonchev–Trinajstić information content (AvgIpc) is 2.06. The summed E-state index contributed by atoms with van der Waals surface area (Å²) in [5, 5.41) is 22.7. The van der Waals surface area contributed by atoms with Crippen LogP contribution in [0.25, 0.3) is 0 Å². The molecule has 0 aliphatic rings. The fourth-order valence-electron chi connectivity index (χ4n) is 0.761. The third-order valence-electron chi connectivity index (χ3n) is 1.37. The quantitative estimate of drug-likeness (QED) is 0.441. The smallest absolute Gasteiger partial charge is 0.0635 e. The van der Waals surface area contributed by atoms with Crippen LogP contribution in [0.4, 0.5) is 0 Å². The van der Waals surface area contributed by atoms with Gasteiger partial charge in [-0.25, -0.2) is 0 Å². The van der Waals surface area contributed by atoms with Crippen LogP contribution in [0.3, 0.4) is 0 Å². The molecule has 0 amide bonds. The predicted molar refractivity (Wildman–Crippen MR) is 45.9 cm³/mol. The van der Waals surface area contributed by atoms with E-state index in [1.54, 1.807) is 0 Å². The summed E-state index contributed by atoms with van der Waals surface area (Å²) in [7, 11) is 0. The van der Waals surface area contributed by atoms with Crippen molar-refractivity contribution in [1.82, 2.24) is 10.6 Å². The summed E-state index contributed by atoms with van der Waals surface area (Å²) in [6.45, 7) is 3.35. The highest BCUT2D eigenvalue weighted by Crippen LogP contribution is 1.78. The monoisotopic (exact) mass is 166 g/mol. The minimum absolute atomic E-state index is 0.173. The Morgan fingerprint density at radius 3 is 1.83 bits per heavy atom. The van der Waals surface area contributed by atoms with E-state index in [2.05, 4.69) is 10.6 Å². The number of nitriles is 2. The first-order valence-corrected chi connectivity index (χ1v) is 4.02. The van der Waals surface area contributed by atoms with E-state index < -0.39 is 0 Å². The first-order valence-electron chi connectivity index (χ1n) is 4.02. The van der Waals surface area contributed by atoms with Gasteiger partial charge in [-0.3, -0.25) is 0 Å². The van der Waals surface area contributed by atoms with E-state index >= 15 is 0 Å². The van der Waals surface area contributed by atoms with Gasteiger partial charge in [0.1, 0.15) is 0 Å². The molecule has 2 N–H and O–H groups in total. The van der Waals surface area contributed by atoms with Crippen molar-refractivity contribution in [2.45, 2.75) is 25.9 Å². The van der Waals surface area contributed by atoms with Gasteiger partial charge < -0.3 is 10.6 Å². The summed E-state index contributed by atoms with van der Waals surface area (Å²) < 4.78 is 0. The SMILES string of the molecule is CC(NCCC#N)NCCC#N. The summed E-state index contributed by atoms with van der Waals surface area (Å²) in [6.07, 6.45) is 1.21. The van der Waals surface area contributed by atoms with Gasteiger partial charge in [-0.05, 0) is 6.92 Å². The molecule has 0 atom stereocenters. The predicted octanol–water partition coefficient (Wildman–Crippen LogP) is 0.339. The van der Waals surface area contributed by atoms with E-state index in [9.17, 15) is 0 Å². The zero-order valence-electron chi connectivity index (χ0n) is 7.30. The standard InChI is InChI=1S/C8H14N4/c1-8(11-6-2-4-9)12-7-3-5-10/h8,11-12H,2-3,6-7H2,1H3. The normalized spacial score (nSPS) is 9.33. The second-order valence-electron chi connectivity index (χ2n) is 2.45. The fraction of sp³-hybridized carbons (Fsp3) is 0.750. The van der Waals surface area contributed by atoms with Crippen molar-refractivity contribution >= 4 is 0 Å². The lowest BCUT2D eigenvalue weighted by Gasteiger charge is -2.12. The van der Waals surface area contributed by atoms with Gasteiger partial charge in [0.2, 0.25) is 0 Å². The van der Waals surface area contributed by atoms with Crippen LogP contribution in [0, 0.1) is 22.7 Å². The summed E-state index contributed by atoms with van der Waals surface area (Å²) in [6, 6.07) is 4.10. The Hall–Kier alpha value is -1.10. The molecule has 0 rings (SSSR count). The summed E-state index contributed by atoms with van der Waals surface area (Å²) in [5.41, 5.74) is 0. The Balaban J connectivity index is 3.18. The lowest BCUT2D eigenvalue weighted by molar-refractivity contribution is 0.464. The molecular weight excluding hydrogens is 152 g/mol. The van der Waals surface area contributed by atoms with Gasteiger partial charge in [0.15, 0.2) is 0 Å². The summed E-state index contributed by atoms with van der Waals surface area (Å²) in [4.78, 5) is 0. The summed E-state index contributed by atoms with van der Waals surface area (Å²) in [5.74, 6) is 0. The van der Waals surface area contributed by atoms with Crippen LogP contribution < -0.4 is 10.6 Å². The van der Waals surface area contributed by atoms with Crippen molar-refractivity contribution in [3.05, 3.63) is 0 Å². The van der Waals surface area contributed by atoms with Crippen molar-refractivity contribution in [2.24, 2.45) is 0 Å². The molecule has 0 spiro atoms. The highest BCUT2D eigenvalue weighted by molar-refractivity contribution is 4.73. The Bertz CT molecular complexity index is 156. The molecule has 0 fully saturated rings. The molecule has 0 bridgehead atoms. The largest absolute Gasteiger partial charge is 0.301 e. The topological polar surface area (TPSA) is 71.6 Å². The second-order valence-corrected chi connectivity index (χ2v) is 2.45. The lowest BCUT2D eigenvalue weighted by Crippen LogP contribution is -2.40. The van der Waals surface area contributed by atoms with Crippen LogP contribution in [0.2, 0.25) is 0 Å². The van der Waals surface area contributed by atoms with E-state index in [0.717, 1.165) is 0 Å². The van der Waals surface area contributed by atoms with Crippen LogP contribution in [-0.2, 0) is 0 Å². The summed E-state index contributed by atoms with van der Waals surface area (Å²) >= 11 is 0. The molecule has 4 nitrogen and oxygen atoms in total. The Morgan fingerprint density at radius 1 is 1.08 bits per heavy atom. The van der Waals surface area contributed by atoms with E-state index in [-0.39, 0.29) is 6.17 Å². The number of nitrogens with one attached hydrogen (secondary N) is 2. The zero-order valence-corrected chi connectivity index (χ0v) is 7.30. The molecule has 0 radical (unpaired) electrons. The van der Waals surface area contributed by atoms with E-state index in [1.165, 1.54) is 0 Å². The van der Waals surface area contributed by atoms with E-state index in [1.807, 2.05) is 19.1 Å². The maximum absolute atomic E-state index is 8.24. The fourth-order valence-corrected chi connectivity index (χ4v) is 0.761. The minimum Gasteiger partial charge on any atom is -0.301 e. The number of hydrogen-bond donors (Lipinski definition) is 2. The van der Waals surface area contributed by atoms with E-state index in [4.69, 9.17) is 10.5 Å². The number of nitrogens with zero attached hydrogens (tertiary/aromatic N) is 2. The maximum Gasteiger partial charge on any atom is 0.0635 e. The number of hydrogen-bond acceptors (Lipinski definition) is 4. The third-order valence-corrected chi connectivity index (χ3v) is 1.37. The van der Waals surface area contributed by atoms with Crippen molar-refractivity contribution < 1.29 is 0 Å². The second kappa shape index (κ2) is 8.00. The molecule has 66 valence electrons. The van der Waals surface area contributed by atoms with Gasteiger partial charge in [0, 0.05) is 25.9 Å². The Kier molecular flexibility index (Phi) is 7.27. The van der Waals surface area contributed by atoms with Gasteiger partial charge in [-0.2, -0.15) is 10.5 Å². The van der Waals surface area contributed by atoms with Gasteiger partial charge >= 0.3 is 0 Å². The van der Waals surface area contributed by atoms with Crippen molar-refractivity contribution in [3.63, 3.8) is 0 Å². The molecule has 12 heavy (non-hydrogen) atoms. The third kappa shape index (κ3) is 7.01. The molecule has 0 unspecified atom stereocenters. The van der Waals surface area contributed by atoms with Gasteiger partial charge in [0.25, 0.3) is 0 Å². The Morgan fingerprint density at radius 2 is 1.50 bits per heavy atom. The van der Waals surface area contributed by atoms with Gasteiger partial charge in [0.05, 0.1) is 18.3 Å². The highest BCUT2D eigenvalue weighted by atomic mass is 15.1. The lowest BCUT2D eigenvalue weighted by atomic mass is 10.4. The Labute approximate surface area is 73.2 Å². The maximum atomic E-state index is 8.24. The molecule has 0 aromatic carbocycles.